The van der Waals surface area contributed by atoms with Crippen LogP contribution in [0.3, 0.4) is 0 Å². The number of aromatic nitrogens is 2. The van der Waals surface area contributed by atoms with Crippen LogP contribution in [-0.2, 0) is 6.54 Å². The summed E-state index contributed by atoms with van der Waals surface area (Å²) in [7, 11) is 3.91. The monoisotopic (exact) mass is 326 g/mol. The summed E-state index contributed by atoms with van der Waals surface area (Å²) >= 11 is 3.31. The van der Waals surface area contributed by atoms with Gasteiger partial charge in [0.2, 0.25) is 0 Å². The van der Waals surface area contributed by atoms with E-state index in [4.69, 9.17) is 6.42 Å². The van der Waals surface area contributed by atoms with E-state index in [1.165, 1.54) is 4.68 Å². The molecule has 0 bridgehead atoms. The molecule has 1 atom stereocenters. The molecular weight excluding hydrogens is 308 g/mol. The molecule has 0 fully saturated rings. The number of nitrogens with one attached hydrogen (secondary N) is 1. The largest absolute Gasteiger partial charge is 0.369 e. The van der Waals surface area contributed by atoms with Crippen molar-refractivity contribution in [2.24, 2.45) is 0 Å². The van der Waals surface area contributed by atoms with Crippen LogP contribution in [0, 0.1) is 12.3 Å². The molecule has 0 aliphatic heterocycles. The molecule has 0 aromatic carbocycles. The number of halogens is 1. The lowest BCUT2D eigenvalue weighted by Crippen LogP contribution is -2.30. The molecule has 1 heterocycles. The molecule has 1 rings (SSSR count). The molecule has 1 N–H and O–H groups in total. The lowest BCUT2D eigenvalue weighted by Gasteiger charge is -2.15. The lowest BCUT2D eigenvalue weighted by molar-refractivity contribution is 0.367. The van der Waals surface area contributed by atoms with E-state index in [2.05, 4.69) is 32.3 Å². The molecule has 1 aromatic heterocycles. The van der Waals surface area contributed by atoms with E-state index >= 15 is 0 Å². The van der Waals surface area contributed by atoms with Gasteiger partial charge in [-0.15, -0.1) is 6.42 Å². The summed E-state index contributed by atoms with van der Waals surface area (Å²) in [5.74, 6) is 2.63. The van der Waals surface area contributed by atoms with E-state index < -0.39 is 0 Å². The molecule has 0 aliphatic rings. The van der Waals surface area contributed by atoms with Gasteiger partial charge < -0.3 is 10.2 Å². The maximum absolute atomic E-state index is 12.1. The van der Waals surface area contributed by atoms with Gasteiger partial charge >= 0.3 is 0 Å². The zero-order valence-corrected chi connectivity index (χ0v) is 13.1. The number of terminal acetylenes is 1. The normalized spacial score (nSPS) is 12.2. The SMILES string of the molecule is C#CC(CC)Nc1cnn(CCN(C)C)c(=O)c1Br. The van der Waals surface area contributed by atoms with Crippen LogP contribution in [0.4, 0.5) is 5.69 Å². The van der Waals surface area contributed by atoms with Crippen LogP contribution >= 0.6 is 15.9 Å². The maximum atomic E-state index is 12.1. The molecule has 0 saturated carbocycles. The highest BCUT2D eigenvalue weighted by Crippen LogP contribution is 2.17. The first-order valence-corrected chi connectivity index (χ1v) is 6.91. The first-order chi connectivity index (χ1) is 8.99. The van der Waals surface area contributed by atoms with Gasteiger partial charge in [0.05, 0.1) is 24.5 Å². The van der Waals surface area contributed by atoms with Crippen LogP contribution in [-0.4, -0.2) is 41.4 Å². The quantitative estimate of drug-likeness (QED) is 0.803. The van der Waals surface area contributed by atoms with Crippen LogP contribution in [0.25, 0.3) is 0 Å². The van der Waals surface area contributed by atoms with Crippen molar-refractivity contribution in [2.75, 3.05) is 26.0 Å². The summed E-state index contributed by atoms with van der Waals surface area (Å²) in [6, 6.07) is -0.102. The number of nitrogens with zero attached hydrogens (tertiary/aromatic N) is 3. The second-order valence-electron chi connectivity index (χ2n) is 4.48. The Labute approximate surface area is 122 Å². The van der Waals surface area contributed by atoms with Crippen LogP contribution in [0.2, 0.25) is 0 Å². The van der Waals surface area contributed by atoms with Crippen molar-refractivity contribution in [1.82, 2.24) is 14.7 Å². The van der Waals surface area contributed by atoms with Crippen LogP contribution in [0.15, 0.2) is 15.5 Å². The number of hydrogen-bond donors (Lipinski definition) is 1. The number of rotatable bonds is 6. The molecule has 0 amide bonds. The molecule has 19 heavy (non-hydrogen) atoms. The maximum Gasteiger partial charge on any atom is 0.283 e. The van der Waals surface area contributed by atoms with E-state index in [-0.39, 0.29) is 11.6 Å². The molecule has 104 valence electrons. The fraction of sp³-hybridized carbons (Fsp3) is 0.538. The summed E-state index contributed by atoms with van der Waals surface area (Å²) in [5, 5.41) is 7.26. The van der Waals surface area contributed by atoms with Gasteiger partial charge in [0, 0.05) is 6.54 Å². The third-order valence-electron chi connectivity index (χ3n) is 2.68. The van der Waals surface area contributed by atoms with Crippen molar-refractivity contribution >= 4 is 21.6 Å². The predicted molar refractivity (Wildman–Crippen MR) is 81.3 cm³/mol. The summed E-state index contributed by atoms with van der Waals surface area (Å²) < 4.78 is 1.90. The summed E-state index contributed by atoms with van der Waals surface area (Å²) in [4.78, 5) is 14.1. The van der Waals surface area contributed by atoms with Crippen molar-refractivity contribution in [3.8, 4) is 12.3 Å². The molecule has 5 nitrogen and oxygen atoms in total. The summed E-state index contributed by atoms with van der Waals surface area (Å²) in [5.41, 5.74) is 0.481. The van der Waals surface area contributed by atoms with Gasteiger partial charge in [-0.2, -0.15) is 5.10 Å². The Kier molecular flexibility index (Phi) is 6.06. The molecule has 6 heteroatoms. The topological polar surface area (TPSA) is 50.2 Å². The van der Waals surface area contributed by atoms with Gasteiger partial charge in [-0.05, 0) is 36.4 Å². The molecule has 0 spiro atoms. The van der Waals surface area contributed by atoms with Crippen molar-refractivity contribution < 1.29 is 0 Å². The third-order valence-corrected chi connectivity index (χ3v) is 3.45. The van der Waals surface area contributed by atoms with Gasteiger partial charge in [-0.25, -0.2) is 4.68 Å². The number of anilines is 1. The van der Waals surface area contributed by atoms with Crippen molar-refractivity contribution in [3.05, 3.63) is 21.0 Å². The van der Waals surface area contributed by atoms with Crippen molar-refractivity contribution in [1.29, 1.82) is 0 Å². The van der Waals surface area contributed by atoms with Gasteiger partial charge in [-0.1, -0.05) is 12.8 Å². The average molecular weight is 327 g/mol. The van der Waals surface area contributed by atoms with E-state index in [0.29, 0.717) is 16.7 Å². The smallest absolute Gasteiger partial charge is 0.283 e. The standard InChI is InChI=1S/C13H19BrN4O/c1-5-10(6-2)16-11-9-15-18(8-7-17(3)4)13(19)12(11)14/h1,9-10,16H,6-8H2,2-4H3. The zero-order valence-electron chi connectivity index (χ0n) is 11.5. The molecular formula is C13H19BrN4O. The molecule has 0 radical (unpaired) electrons. The predicted octanol–water partition coefficient (Wildman–Crippen LogP) is 1.39. The van der Waals surface area contributed by atoms with Gasteiger partial charge in [-0.3, -0.25) is 4.79 Å². The lowest BCUT2D eigenvalue weighted by atomic mass is 10.2. The Morgan fingerprint density at radius 2 is 2.32 bits per heavy atom. The summed E-state index contributed by atoms with van der Waals surface area (Å²) in [6.07, 6.45) is 7.80. The van der Waals surface area contributed by atoms with E-state index in [1.54, 1.807) is 6.20 Å². The van der Waals surface area contributed by atoms with Crippen LogP contribution in [0.1, 0.15) is 13.3 Å². The molecule has 1 aromatic rings. The highest BCUT2D eigenvalue weighted by atomic mass is 79.9. The number of hydrogen-bond acceptors (Lipinski definition) is 4. The second-order valence-corrected chi connectivity index (χ2v) is 5.27. The summed E-state index contributed by atoms with van der Waals surface area (Å²) in [6.45, 7) is 3.29. The van der Waals surface area contributed by atoms with E-state index in [9.17, 15) is 4.79 Å². The highest BCUT2D eigenvalue weighted by molar-refractivity contribution is 9.10. The Bertz CT molecular complexity index is 518. The van der Waals surface area contributed by atoms with Crippen LogP contribution < -0.4 is 10.9 Å². The second kappa shape index (κ2) is 7.31. The minimum Gasteiger partial charge on any atom is -0.369 e. The molecule has 0 aliphatic carbocycles. The fourth-order valence-corrected chi connectivity index (χ4v) is 1.89. The average Bonchev–Trinajstić information content (AvgIpc) is 2.39. The minimum atomic E-state index is -0.154. The minimum absolute atomic E-state index is 0.102. The van der Waals surface area contributed by atoms with Gasteiger partial charge in [0.1, 0.15) is 4.47 Å². The highest BCUT2D eigenvalue weighted by Gasteiger charge is 2.11. The first kappa shape index (κ1) is 15.7. The van der Waals surface area contributed by atoms with E-state index in [0.717, 1.165) is 13.0 Å². The Hall–Kier alpha value is -1.32. The Balaban J connectivity index is 2.92. The Morgan fingerprint density at radius 3 is 2.84 bits per heavy atom. The fourth-order valence-electron chi connectivity index (χ4n) is 1.47. The van der Waals surface area contributed by atoms with Gasteiger partial charge in [0.25, 0.3) is 5.56 Å². The Morgan fingerprint density at radius 1 is 1.63 bits per heavy atom. The zero-order chi connectivity index (χ0) is 14.4. The number of likely N-dealkylation sites (N-methyl/N-ethyl adjacent to an activating group) is 1. The van der Waals surface area contributed by atoms with E-state index in [1.807, 2.05) is 25.9 Å². The molecule has 1 unspecified atom stereocenters. The molecule has 0 saturated heterocycles. The van der Waals surface area contributed by atoms with Crippen LogP contribution in [0.5, 0.6) is 0 Å². The van der Waals surface area contributed by atoms with Crippen molar-refractivity contribution in [3.63, 3.8) is 0 Å². The third kappa shape index (κ3) is 4.37. The van der Waals surface area contributed by atoms with Crippen molar-refractivity contribution in [2.45, 2.75) is 25.9 Å². The first-order valence-electron chi connectivity index (χ1n) is 6.12. The van der Waals surface area contributed by atoms with Gasteiger partial charge in [0.15, 0.2) is 0 Å².